The minimum atomic E-state index is -0.935. The number of primary amides is 1. The summed E-state index contributed by atoms with van der Waals surface area (Å²) in [5.74, 6) is 0. The fourth-order valence-electron chi connectivity index (χ4n) is 0.0367. The summed E-state index contributed by atoms with van der Waals surface area (Å²) in [6.45, 7) is 0. The molecule has 0 atom stereocenters. The zero-order chi connectivity index (χ0) is 4.99. The SMILES string of the molecule is NC(=O)N=S=O. The highest BCUT2D eigenvalue weighted by Crippen LogP contribution is 1.57. The molecule has 0 aromatic carbocycles. The van der Waals surface area contributed by atoms with E-state index in [1.807, 2.05) is 0 Å². The van der Waals surface area contributed by atoms with Crippen molar-refractivity contribution in [2.75, 3.05) is 0 Å². The van der Waals surface area contributed by atoms with Crippen LogP contribution in [0.4, 0.5) is 4.79 Å². The standard InChI is InChI=1S/CH2N2O2S/c2-1(4)3-6-5/h(H2,2,4). The smallest absolute Gasteiger partial charge is 0.349 e. The van der Waals surface area contributed by atoms with Crippen LogP contribution in [0.15, 0.2) is 4.36 Å². The van der Waals surface area contributed by atoms with E-state index < -0.39 is 6.03 Å². The van der Waals surface area contributed by atoms with Gasteiger partial charge in [-0.05, 0) is 0 Å². The third-order valence-electron chi connectivity index (χ3n) is 0.127. The van der Waals surface area contributed by atoms with Crippen molar-refractivity contribution >= 4 is 17.5 Å². The lowest BCUT2D eigenvalue weighted by atomic mass is 11.2. The molecule has 2 amide bonds. The molecule has 0 rings (SSSR count). The molecule has 0 fully saturated rings. The van der Waals surface area contributed by atoms with Gasteiger partial charge in [0.05, 0.1) is 0 Å². The van der Waals surface area contributed by atoms with E-state index in [0.29, 0.717) is 0 Å². The van der Waals surface area contributed by atoms with E-state index in [-0.39, 0.29) is 11.5 Å². The fourth-order valence-corrected chi connectivity index (χ4v) is 0.110. The number of carbonyl (C=O) groups excluding carboxylic acids is 1. The van der Waals surface area contributed by atoms with E-state index in [0.717, 1.165) is 0 Å². The topological polar surface area (TPSA) is 72.5 Å². The summed E-state index contributed by atoms with van der Waals surface area (Å²) in [4.78, 5) is 9.43. The third-order valence-corrected chi connectivity index (χ3v) is 0.382. The van der Waals surface area contributed by atoms with E-state index >= 15 is 0 Å². The summed E-state index contributed by atoms with van der Waals surface area (Å²) >= 11 is -0.190. The Hall–Kier alpha value is -0.710. The number of amides is 2. The van der Waals surface area contributed by atoms with E-state index in [1.165, 1.54) is 0 Å². The van der Waals surface area contributed by atoms with Crippen molar-refractivity contribution < 1.29 is 9.00 Å². The van der Waals surface area contributed by atoms with Crippen LogP contribution in [0, 0.1) is 0 Å². The number of hydrogen-bond donors (Lipinski definition) is 1. The van der Waals surface area contributed by atoms with Gasteiger partial charge in [-0.1, -0.05) is 4.36 Å². The summed E-state index contributed by atoms with van der Waals surface area (Å²) in [6.07, 6.45) is 0. The van der Waals surface area contributed by atoms with Crippen molar-refractivity contribution in [3.8, 4) is 0 Å². The van der Waals surface area contributed by atoms with E-state index in [9.17, 15) is 9.00 Å². The molecule has 0 aromatic heterocycles. The van der Waals surface area contributed by atoms with Gasteiger partial charge in [0.2, 0.25) is 11.5 Å². The van der Waals surface area contributed by atoms with Gasteiger partial charge < -0.3 is 5.73 Å². The summed E-state index contributed by atoms with van der Waals surface area (Å²) in [7, 11) is 0. The molecule has 34 valence electrons. The first-order valence-electron chi connectivity index (χ1n) is 1.07. The molecular weight excluding hydrogens is 104 g/mol. The van der Waals surface area contributed by atoms with E-state index in [2.05, 4.69) is 10.1 Å². The predicted octanol–water partition coefficient (Wildman–Crippen LogP) is -0.538. The maximum Gasteiger partial charge on any atom is 0.351 e. The van der Waals surface area contributed by atoms with E-state index in [4.69, 9.17) is 0 Å². The Balaban J connectivity index is 3.60. The molecule has 0 aliphatic rings. The van der Waals surface area contributed by atoms with Crippen LogP contribution in [0.2, 0.25) is 0 Å². The maximum atomic E-state index is 9.43. The van der Waals surface area contributed by atoms with Crippen LogP contribution in [0.1, 0.15) is 0 Å². The number of nitrogens with zero attached hydrogens (tertiary/aromatic N) is 1. The minimum absolute atomic E-state index is 0.190. The number of urea groups is 1. The molecule has 0 aromatic rings. The van der Waals surface area contributed by atoms with Gasteiger partial charge in [-0.15, -0.1) is 0 Å². The highest BCUT2D eigenvalue weighted by molar-refractivity contribution is 7.55. The summed E-state index contributed by atoms with van der Waals surface area (Å²) in [5, 5.41) is 0. The van der Waals surface area contributed by atoms with Crippen LogP contribution < -0.4 is 5.73 Å². The molecule has 0 heterocycles. The molecule has 0 aliphatic carbocycles. The van der Waals surface area contributed by atoms with Gasteiger partial charge in [0.1, 0.15) is 0 Å². The molecular formula is CH2N2O2S. The maximum absolute atomic E-state index is 9.43. The molecule has 0 radical (unpaired) electrons. The van der Waals surface area contributed by atoms with Crippen LogP contribution >= 0.6 is 0 Å². The number of nitrogens with two attached hydrogens (primary N) is 1. The predicted molar refractivity (Wildman–Crippen MR) is 20.2 cm³/mol. The van der Waals surface area contributed by atoms with Gasteiger partial charge in [-0.25, -0.2) is 4.79 Å². The molecule has 0 aliphatic heterocycles. The second kappa shape index (κ2) is 2.52. The Morgan fingerprint density at radius 1 is 1.83 bits per heavy atom. The molecule has 2 N–H and O–H groups in total. The monoisotopic (exact) mass is 106 g/mol. The molecule has 5 heteroatoms. The molecule has 0 unspecified atom stereocenters. The number of hydrogen-bond acceptors (Lipinski definition) is 2. The van der Waals surface area contributed by atoms with Crippen molar-refractivity contribution in [3.05, 3.63) is 0 Å². The lowest BCUT2D eigenvalue weighted by Gasteiger charge is -1.63. The third kappa shape index (κ3) is 3.29. The average Bonchev–Trinajstić information content (AvgIpc) is 1.35. The summed E-state index contributed by atoms with van der Waals surface area (Å²) in [5.41, 5.74) is 4.38. The number of rotatable bonds is 0. The van der Waals surface area contributed by atoms with Gasteiger partial charge in [0, 0.05) is 0 Å². The van der Waals surface area contributed by atoms with Gasteiger partial charge >= 0.3 is 6.03 Å². The van der Waals surface area contributed by atoms with Gasteiger partial charge in [0.15, 0.2) is 0 Å². The molecule has 0 spiro atoms. The molecule has 4 nitrogen and oxygen atoms in total. The molecule has 0 saturated heterocycles. The van der Waals surface area contributed by atoms with Crippen molar-refractivity contribution in [3.63, 3.8) is 0 Å². The Labute approximate surface area is 37.6 Å². The highest BCUT2D eigenvalue weighted by Gasteiger charge is 1.76. The Kier molecular flexibility index (Phi) is 2.22. The van der Waals surface area contributed by atoms with Crippen LogP contribution in [-0.4, -0.2) is 10.2 Å². The average molecular weight is 106 g/mol. The van der Waals surface area contributed by atoms with E-state index in [1.54, 1.807) is 0 Å². The fraction of sp³-hybridized carbons (Fsp3) is 0. The van der Waals surface area contributed by atoms with Crippen molar-refractivity contribution in [2.45, 2.75) is 0 Å². The molecule has 0 bridgehead atoms. The van der Waals surface area contributed by atoms with Crippen molar-refractivity contribution in [1.29, 1.82) is 0 Å². The molecule has 6 heavy (non-hydrogen) atoms. The zero-order valence-corrected chi connectivity index (χ0v) is 3.57. The van der Waals surface area contributed by atoms with Crippen LogP contribution in [0.3, 0.4) is 0 Å². The first kappa shape index (κ1) is 5.29. The first-order chi connectivity index (χ1) is 2.77. The van der Waals surface area contributed by atoms with Crippen LogP contribution in [0.25, 0.3) is 0 Å². The van der Waals surface area contributed by atoms with Gasteiger partial charge in [-0.2, -0.15) is 4.21 Å². The second-order valence-corrected chi connectivity index (χ2v) is 0.836. The lowest BCUT2D eigenvalue weighted by Crippen LogP contribution is -2.01. The normalized spacial score (nSPS) is 6.67. The summed E-state index contributed by atoms with van der Waals surface area (Å²) < 4.78 is 11.8. The lowest BCUT2D eigenvalue weighted by molar-refractivity contribution is 0.257. The van der Waals surface area contributed by atoms with Crippen LogP contribution in [0.5, 0.6) is 0 Å². The largest absolute Gasteiger partial charge is 0.351 e. The summed E-state index contributed by atoms with van der Waals surface area (Å²) in [6, 6.07) is -0.935. The first-order valence-corrected chi connectivity index (χ1v) is 1.76. The molecule has 0 saturated carbocycles. The Bertz CT molecular complexity index is 104. The quantitative estimate of drug-likeness (QED) is 0.450. The van der Waals surface area contributed by atoms with Crippen molar-refractivity contribution in [2.24, 2.45) is 10.1 Å². The zero-order valence-electron chi connectivity index (χ0n) is 2.75. The minimum Gasteiger partial charge on any atom is -0.349 e. The number of carbonyl (C=O) groups is 1. The van der Waals surface area contributed by atoms with Crippen molar-refractivity contribution in [1.82, 2.24) is 0 Å². The van der Waals surface area contributed by atoms with Gasteiger partial charge in [-0.3, -0.25) is 0 Å². The highest BCUT2D eigenvalue weighted by atomic mass is 32.1. The van der Waals surface area contributed by atoms with Crippen LogP contribution in [-0.2, 0) is 11.5 Å². The van der Waals surface area contributed by atoms with Gasteiger partial charge in [0.25, 0.3) is 0 Å². The Morgan fingerprint density at radius 2 is 2.33 bits per heavy atom. The Morgan fingerprint density at radius 3 is 2.33 bits per heavy atom. The second-order valence-electron chi connectivity index (χ2n) is 0.504.